The number of nitrogens with one attached hydrogen (secondary N) is 1. The standard InChI is InChI=1S/C18H25N5O/c1-2-7-15(19)18(24)23-11-6-10-14(12-23)17-20-16(21-22-17)13-8-4-3-5-9-13/h3-5,8-9,14-15H,2,6-7,10-12,19H2,1H3,(H,20,21,22). The third-order valence-electron chi connectivity index (χ3n) is 4.57. The molecule has 0 radical (unpaired) electrons. The van der Waals surface area contributed by atoms with Gasteiger partial charge in [0, 0.05) is 24.6 Å². The van der Waals surface area contributed by atoms with Gasteiger partial charge in [-0.05, 0) is 19.3 Å². The van der Waals surface area contributed by atoms with Gasteiger partial charge in [0.05, 0.1) is 6.04 Å². The molecule has 1 saturated heterocycles. The number of rotatable bonds is 5. The number of likely N-dealkylation sites (tertiary alicyclic amines) is 1. The molecule has 24 heavy (non-hydrogen) atoms. The molecule has 1 amide bonds. The number of hydrogen-bond donors (Lipinski definition) is 2. The van der Waals surface area contributed by atoms with Gasteiger partial charge in [0.25, 0.3) is 0 Å². The van der Waals surface area contributed by atoms with Crippen molar-refractivity contribution in [3.63, 3.8) is 0 Å². The molecule has 1 aliphatic rings. The van der Waals surface area contributed by atoms with E-state index in [0.717, 1.165) is 43.6 Å². The predicted molar refractivity (Wildman–Crippen MR) is 93.3 cm³/mol. The first-order valence-electron chi connectivity index (χ1n) is 8.71. The normalized spacial score (nSPS) is 19.2. The highest BCUT2D eigenvalue weighted by molar-refractivity contribution is 5.81. The summed E-state index contributed by atoms with van der Waals surface area (Å²) in [6, 6.07) is 9.52. The van der Waals surface area contributed by atoms with E-state index in [2.05, 4.69) is 15.2 Å². The number of piperidine rings is 1. The van der Waals surface area contributed by atoms with Gasteiger partial charge in [0.1, 0.15) is 5.82 Å². The van der Waals surface area contributed by atoms with Crippen molar-refractivity contribution in [2.24, 2.45) is 5.73 Å². The lowest BCUT2D eigenvalue weighted by Crippen LogP contribution is -2.47. The molecule has 2 unspecified atom stereocenters. The molecule has 0 saturated carbocycles. The summed E-state index contributed by atoms with van der Waals surface area (Å²) in [5.41, 5.74) is 6.99. The number of H-pyrrole nitrogens is 1. The second-order valence-corrected chi connectivity index (χ2v) is 6.43. The summed E-state index contributed by atoms with van der Waals surface area (Å²) in [5.74, 6) is 1.82. The Morgan fingerprint density at radius 2 is 2.21 bits per heavy atom. The molecule has 6 heteroatoms. The fourth-order valence-electron chi connectivity index (χ4n) is 3.24. The van der Waals surface area contributed by atoms with Crippen LogP contribution in [0.1, 0.15) is 44.3 Å². The van der Waals surface area contributed by atoms with E-state index in [-0.39, 0.29) is 17.9 Å². The second kappa shape index (κ2) is 7.57. The average Bonchev–Trinajstić information content (AvgIpc) is 3.12. The Bertz CT molecular complexity index is 669. The third kappa shape index (κ3) is 3.64. The van der Waals surface area contributed by atoms with Crippen LogP contribution in [-0.4, -0.2) is 45.1 Å². The summed E-state index contributed by atoms with van der Waals surface area (Å²) in [6.07, 6.45) is 3.64. The molecule has 3 rings (SSSR count). The van der Waals surface area contributed by atoms with E-state index in [1.807, 2.05) is 42.2 Å². The molecule has 1 aliphatic heterocycles. The number of nitrogens with two attached hydrogens (primary N) is 1. The summed E-state index contributed by atoms with van der Waals surface area (Å²) >= 11 is 0. The zero-order valence-electron chi connectivity index (χ0n) is 14.1. The Labute approximate surface area is 142 Å². The maximum atomic E-state index is 12.4. The fourth-order valence-corrected chi connectivity index (χ4v) is 3.24. The number of benzene rings is 1. The van der Waals surface area contributed by atoms with Crippen LogP contribution in [0.3, 0.4) is 0 Å². The first-order valence-corrected chi connectivity index (χ1v) is 8.71. The van der Waals surface area contributed by atoms with Gasteiger partial charge < -0.3 is 10.6 Å². The fraction of sp³-hybridized carbons (Fsp3) is 0.500. The monoisotopic (exact) mass is 327 g/mol. The van der Waals surface area contributed by atoms with Crippen molar-refractivity contribution in [1.82, 2.24) is 20.1 Å². The van der Waals surface area contributed by atoms with Crippen LogP contribution in [0.15, 0.2) is 30.3 Å². The van der Waals surface area contributed by atoms with Crippen LogP contribution in [-0.2, 0) is 4.79 Å². The number of carbonyl (C=O) groups is 1. The lowest BCUT2D eigenvalue weighted by Gasteiger charge is -2.33. The van der Waals surface area contributed by atoms with Crippen molar-refractivity contribution >= 4 is 5.91 Å². The highest BCUT2D eigenvalue weighted by Crippen LogP contribution is 2.26. The van der Waals surface area contributed by atoms with Gasteiger partial charge in [-0.2, -0.15) is 5.10 Å². The predicted octanol–water partition coefficient (Wildman–Crippen LogP) is 2.31. The van der Waals surface area contributed by atoms with Gasteiger partial charge in [0.15, 0.2) is 5.82 Å². The highest BCUT2D eigenvalue weighted by Gasteiger charge is 2.29. The van der Waals surface area contributed by atoms with Crippen LogP contribution in [0, 0.1) is 0 Å². The van der Waals surface area contributed by atoms with E-state index in [4.69, 9.17) is 5.73 Å². The molecule has 1 fully saturated rings. The first-order chi connectivity index (χ1) is 11.7. The summed E-state index contributed by atoms with van der Waals surface area (Å²) < 4.78 is 0. The number of carbonyl (C=O) groups excluding carboxylic acids is 1. The maximum Gasteiger partial charge on any atom is 0.239 e. The molecule has 6 nitrogen and oxygen atoms in total. The van der Waals surface area contributed by atoms with Crippen LogP contribution < -0.4 is 5.73 Å². The molecule has 3 N–H and O–H groups in total. The number of hydrogen-bond acceptors (Lipinski definition) is 4. The van der Waals surface area contributed by atoms with E-state index in [1.54, 1.807) is 0 Å². The van der Waals surface area contributed by atoms with Crippen LogP contribution in [0.4, 0.5) is 0 Å². The Balaban J connectivity index is 1.69. The van der Waals surface area contributed by atoms with Gasteiger partial charge in [-0.3, -0.25) is 9.89 Å². The van der Waals surface area contributed by atoms with E-state index in [9.17, 15) is 4.79 Å². The van der Waals surface area contributed by atoms with E-state index in [1.165, 1.54) is 0 Å². The molecule has 0 spiro atoms. The molecular formula is C18H25N5O. The van der Waals surface area contributed by atoms with Crippen molar-refractivity contribution in [3.8, 4) is 11.4 Å². The summed E-state index contributed by atoms with van der Waals surface area (Å²) in [7, 11) is 0. The average molecular weight is 327 g/mol. The van der Waals surface area contributed by atoms with Crippen molar-refractivity contribution in [2.75, 3.05) is 13.1 Å². The third-order valence-corrected chi connectivity index (χ3v) is 4.57. The van der Waals surface area contributed by atoms with Gasteiger partial charge >= 0.3 is 0 Å². The number of aromatic amines is 1. The molecule has 128 valence electrons. The zero-order chi connectivity index (χ0) is 16.9. The van der Waals surface area contributed by atoms with Crippen molar-refractivity contribution in [3.05, 3.63) is 36.2 Å². The quantitative estimate of drug-likeness (QED) is 0.882. The Morgan fingerprint density at radius 1 is 1.42 bits per heavy atom. The van der Waals surface area contributed by atoms with Gasteiger partial charge in [-0.15, -0.1) is 0 Å². The van der Waals surface area contributed by atoms with E-state index < -0.39 is 0 Å². The minimum Gasteiger partial charge on any atom is -0.341 e. The minimum absolute atomic E-state index is 0.0596. The van der Waals surface area contributed by atoms with Gasteiger partial charge in [0.2, 0.25) is 5.91 Å². The number of nitrogens with zero attached hydrogens (tertiary/aromatic N) is 3. The lowest BCUT2D eigenvalue weighted by atomic mass is 9.96. The Morgan fingerprint density at radius 3 is 2.96 bits per heavy atom. The smallest absolute Gasteiger partial charge is 0.239 e. The molecule has 2 atom stereocenters. The minimum atomic E-state index is -0.386. The molecule has 2 heterocycles. The lowest BCUT2D eigenvalue weighted by molar-refractivity contribution is -0.134. The molecular weight excluding hydrogens is 302 g/mol. The van der Waals surface area contributed by atoms with Crippen LogP contribution in [0.2, 0.25) is 0 Å². The molecule has 2 aromatic rings. The molecule has 1 aromatic carbocycles. The van der Waals surface area contributed by atoms with E-state index in [0.29, 0.717) is 12.4 Å². The Hall–Kier alpha value is -2.21. The topological polar surface area (TPSA) is 87.9 Å². The second-order valence-electron chi connectivity index (χ2n) is 6.43. The van der Waals surface area contributed by atoms with Crippen molar-refractivity contribution < 1.29 is 4.79 Å². The summed E-state index contributed by atoms with van der Waals surface area (Å²) in [4.78, 5) is 19.0. The first kappa shape index (κ1) is 16.6. The summed E-state index contributed by atoms with van der Waals surface area (Å²) in [6.45, 7) is 3.50. The van der Waals surface area contributed by atoms with Gasteiger partial charge in [-0.1, -0.05) is 43.7 Å². The SMILES string of the molecule is CCCC(N)C(=O)N1CCCC(c2nc(-c3ccccc3)n[nH]2)C1. The molecule has 0 bridgehead atoms. The Kier molecular flexibility index (Phi) is 5.25. The zero-order valence-corrected chi connectivity index (χ0v) is 14.1. The molecule has 0 aliphatic carbocycles. The number of amides is 1. The highest BCUT2D eigenvalue weighted by atomic mass is 16.2. The number of aromatic nitrogens is 3. The van der Waals surface area contributed by atoms with E-state index >= 15 is 0 Å². The van der Waals surface area contributed by atoms with Gasteiger partial charge in [-0.25, -0.2) is 4.98 Å². The maximum absolute atomic E-state index is 12.4. The largest absolute Gasteiger partial charge is 0.341 e. The van der Waals surface area contributed by atoms with Crippen LogP contribution in [0.5, 0.6) is 0 Å². The van der Waals surface area contributed by atoms with Crippen LogP contribution >= 0.6 is 0 Å². The summed E-state index contributed by atoms with van der Waals surface area (Å²) in [5, 5.41) is 7.39. The van der Waals surface area contributed by atoms with Crippen molar-refractivity contribution in [1.29, 1.82) is 0 Å². The van der Waals surface area contributed by atoms with Crippen LogP contribution in [0.25, 0.3) is 11.4 Å². The van der Waals surface area contributed by atoms with Crippen molar-refractivity contribution in [2.45, 2.75) is 44.6 Å². The molecule has 1 aromatic heterocycles.